The number of carbonyl (C=O) groups is 1. The summed E-state index contributed by atoms with van der Waals surface area (Å²) in [6.45, 7) is 0. The second-order valence-corrected chi connectivity index (χ2v) is 3.04. The van der Waals surface area contributed by atoms with E-state index in [1.165, 1.54) is 0 Å². The van der Waals surface area contributed by atoms with Crippen LogP contribution < -0.4 is 10.6 Å². The number of para-hydroxylation sites is 1. The minimum Gasteiger partial charge on any atom is -0.253 e. The summed E-state index contributed by atoms with van der Waals surface area (Å²) in [4.78, 5) is 14.4. The van der Waals surface area contributed by atoms with Crippen LogP contribution in [0.15, 0.2) is 28.9 Å². The minimum atomic E-state index is -1.45. The molecule has 0 aromatic heterocycles. The molecule has 3 rings (SSSR count). The number of hydrogen-bond donors (Lipinski definition) is 0. The smallest absolute Gasteiger partial charge is 0.253 e. The van der Waals surface area contributed by atoms with Crippen molar-refractivity contribution in [3.05, 3.63) is 40.0 Å². The molecule has 62 valence electrons. The summed E-state index contributed by atoms with van der Waals surface area (Å²) in [5.74, 6) is 0. The van der Waals surface area contributed by atoms with Crippen LogP contribution in [-0.4, -0.2) is 6.04 Å². The molecule has 0 unspecified atom stereocenters. The van der Waals surface area contributed by atoms with Crippen LogP contribution in [0.5, 0.6) is 0 Å². The van der Waals surface area contributed by atoms with Crippen molar-refractivity contribution in [1.29, 1.82) is 0 Å². The summed E-state index contributed by atoms with van der Waals surface area (Å²) >= 11 is 0. The molecule has 4 bridgehead atoms. The Balaban J connectivity index is 2.47. The van der Waals surface area contributed by atoms with Gasteiger partial charge in [0, 0.05) is 16.4 Å². The number of carbonyl (C=O) groups excluding carboxylic acids is 1. The van der Waals surface area contributed by atoms with Crippen LogP contribution in [0.2, 0.25) is 0 Å². The fourth-order valence-electron chi connectivity index (χ4n) is 1.77. The standard InChI is InChI=1S/C10H4FNO/c11-10(13)9-7-4-5-2-1-3-6(7)8(5)12-9/h1-4H. The van der Waals surface area contributed by atoms with Crippen molar-refractivity contribution in [3.63, 3.8) is 0 Å². The maximum absolute atomic E-state index is 12.4. The van der Waals surface area contributed by atoms with Gasteiger partial charge in [0.2, 0.25) is 0 Å². The predicted octanol–water partition coefficient (Wildman–Crippen LogP) is 0.321. The van der Waals surface area contributed by atoms with Gasteiger partial charge in [-0.3, -0.25) is 4.79 Å². The predicted molar refractivity (Wildman–Crippen MR) is 44.7 cm³/mol. The minimum absolute atomic E-state index is 0.0475. The van der Waals surface area contributed by atoms with Gasteiger partial charge >= 0.3 is 6.04 Å². The Bertz CT molecular complexity index is 583. The van der Waals surface area contributed by atoms with E-state index in [0.717, 1.165) is 16.1 Å². The van der Waals surface area contributed by atoms with E-state index < -0.39 is 6.04 Å². The van der Waals surface area contributed by atoms with Crippen molar-refractivity contribution in [1.82, 2.24) is 0 Å². The zero-order valence-electron chi connectivity index (χ0n) is 6.54. The highest BCUT2D eigenvalue weighted by Crippen LogP contribution is 2.25. The van der Waals surface area contributed by atoms with E-state index in [2.05, 4.69) is 4.99 Å². The molecule has 0 amide bonds. The molecular weight excluding hydrogens is 169 g/mol. The van der Waals surface area contributed by atoms with Gasteiger partial charge < -0.3 is 0 Å². The highest BCUT2D eigenvalue weighted by molar-refractivity contribution is 6.07. The summed E-state index contributed by atoms with van der Waals surface area (Å²) in [5, 5.41) is 1.70. The SMILES string of the molecule is O=C(F)C1=C2C=c3cccc2c3=N1. The van der Waals surface area contributed by atoms with Crippen LogP contribution in [0, 0.1) is 0 Å². The van der Waals surface area contributed by atoms with Gasteiger partial charge in [-0.2, -0.15) is 4.39 Å². The van der Waals surface area contributed by atoms with Crippen LogP contribution in [0.3, 0.4) is 0 Å². The molecule has 2 nitrogen and oxygen atoms in total. The zero-order chi connectivity index (χ0) is 9.00. The molecule has 0 atom stereocenters. The quantitative estimate of drug-likeness (QED) is 0.562. The van der Waals surface area contributed by atoms with Gasteiger partial charge in [0.15, 0.2) is 0 Å². The van der Waals surface area contributed by atoms with E-state index in [4.69, 9.17) is 0 Å². The van der Waals surface area contributed by atoms with E-state index >= 15 is 0 Å². The maximum Gasteiger partial charge on any atom is 0.350 e. The highest BCUT2D eigenvalue weighted by Gasteiger charge is 2.24. The van der Waals surface area contributed by atoms with Crippen molar-refractivity contribution in [2.24, 2.45) is 4.99 Å². The molecule has 0 fully saturated rings. The molecule has 1 aromatic rings. The molecule has 1 aliphatic heterocycles. The molecule has 2 aliphatic rings. The Kier molecular flexibility index (Phi) is 0.999. The van der Waals surface area contributed by atoms with Crippen LogP contribution in [0.4, 0.5) is 4.39 Å². The van der Waals surface area contributed by atoms with E-state index in [0.29, 0.717) is 5.57 Å². The average molecular weight is 173 g/mol. The summed E-state index contributed by atoms with van der Waals surface area (Å²) < 4.78 is 12.4. The first-order valence-corrected chi connectivity index (χ1v) is 3.91. The lowest BCUT2D eigenvalue weighted by atomic mass is 10.1. The average Bonchev–Trinajstić information content (AvgIpc) is 2.55. The number of rotatable bonds is 1. The van der Waals surface area contributed by atoms with Gasteiger partial charge in [0.25, 0.3) is 0 Å². The first-order chi connectivity index (χ1) is 6.27. The molecule has 0 saturated carbocycles. The van der Waals surface area contributed by atoms with Gasteiger partial charge in [-0.15, -0.1) is 0 Å². The maximum atomic E-state index is 12.4. The van der Waals surface area contributed by atoms with Crippen molar-refractivity contribution in [2.75, 3.05) is 0 Å². The molecule has 0 spiro atoms. The summed E-state index contributed by atoms with van der Waals surface area (Å²) in [7, 11) is 0. The van der Waals surface area contributed by atoms with Gasteiger partial charge in [-0.1, -0.05) is 18.2 Å². The first kappa shape index (κ1) is 6.71. The third-order valence-electron chi connectivity index (χ3n) is 2.32. The molecule has 1 aliphatic carbocycles. The largest absolute Gasteiger partial charge is 0.350 e. The lowest BCUT2D eigenvalue weighted by Crippen LogP contribution is -2.22. The summed E-state index contributed by atoms with van der Waals surface area (Å²) in [6.07, 6.45) is 1.80. The highest BCUT2D eigenvalue weighted by atomic mass is 19.1. The third-order valence-corrected chi connectivity index (χ3v) is 2.32. The fourth-order valence-corrected chi connectivity index (χ4v) is 1.77. The molecule has 0 N–H and O–H groups in total. The molecule has 13 heavy (non-hydrogen) atoms. The van der Waals surface area contributed by atoms with Gasteiger partial charge in [-0.25, -0.2) is 4.99 Å². The molecule has 3 heteroatoms. The van der Waals surface area contributed by atoms with Crippen LogP contribution in [-0.2, 0) is 4.79 Å². The molecule has 1 heterocycles. The zero-order valence-corrected chi connectivity index (χ0v) is 6.54. The Morgan fingerprint density at radius 1 is 1.38 bits per heavy atom. The normalized spacial score (nSPS) is 15.8. The monoisotopic (exact) mass is 173 g/mol. The van der Waals surface area contributed by atoms with E-state index in [9.17, 15) is 9.18 Å². The second-order valence-electron chi connectivity index (χ2n) is 3.04. The number of benzene rings is 1. The fraction of sp³-hybridized carbons (Fsp3) is 0. The number of nitrogens with zero attached hydrogens (tertiary/aromatic N) is 1. The van der Waals surface area contributed by atoms with Crippen molar-refractivity contribution in [3.8, 4) is 0 Å². The van der Waals surface area contributed by atoms with Crippen molar-refractivity contribution >= 4 is 17.7 Å². The first-order valence-electron chi connectivity index (χ1n) is 3.91. The Hall–Kier alpha value is -1.77. The Morgan fingerprint density at radius 2 is 2.23 bits per heavy atom. The Labute approximate surface area is 72.7 Å². The van der Waals surface area contributed by atoms with Gasteiger partial charge in [0.05, 0.1) is 5.36 Å². The molecular formula is C10H4FNO. The van der Waals surface area contributed by atoms with Crippen LogP contribution >= 0.6 is 0 Å². The van der Waals surface area contributed by atoms with E-state index in [-0.39, 0.29) is 5.70 Å². The number of hydrogen-bond acceptors (Lipinski definition) is 2. The lowest BCUT2D eigenvalue weighted by Gasteiger charge is -1.92. The number of halogens is 1. The third kappa shape index (κ3) is 0.667. The molecule has 0 radical (unpaired) electrons. The van der Waals surface area contributed by atoms with Crippen molar-refractivity contribution < 1.29 is 9.18 Å². The van der Waals surface area contributed by atoms with Gasteiger partial charge in [-0.05, 0) is 6.08 Å². The second kappa shape index (κ2) is 1.93. The van der Waals surface area contributed by atoms with Crippen molar-refractivity contribution in [2.45, 2.75) is 0 Å². The lowest BCUT2D eigenvalue weighted by molar-refractivity contribution is -0.125. The van der Waals surface area contributed by atoms with E-state index in [1.807, 2.05) is 18.2 Å². The van der Waals surface area contributed by atoms with Crippen LogP contribution in [0.1, 0.15) is 5.56 Å². The van der Waals surface area contributed by atoms with Crippen LogP contribution in [0.25, 0.3) is 11.6 Å². The number of allylic oxidation sites excluding steroid dienone is 2. The summed E-state index contributed by atoms with van der Waals surface area (Å²) in [6, 6.07) is 4.17. The molecule has 0 saturated heterocycles. The van der Waals surface area contributed by atoms with Gasteiger partial charge in [0.1, 0.15) is 5.70 Å². The topological polar surface area (TPSA) is 29.4 Å². The van der Waals surface area contributed by atoms with E-state index in [1.54, 1.807) is 6.08 Å². The molecule has 1 aromatic carbocycles. The Morgan fingerprint density at radius 3 is 2.92 bits per heavy atom. The summed E-state index contributed by atoms with van der Waals surface area (Å²) in [5.41, 5.74) is 1.45.